The van der Waals surface area contributed by atoms with Gasteiger partial charge in [0.05, 0.1) is 4.90 Å². The van der Waals surface area contributed by atoms with Crippen LogP contribution in [0.5, 0.6) is 5.75 Å². The van der Waals surface area contributed by atoms with E-state index in [1.807, 2.05) is 31.2 Å². The second kappa shape index (κ2) is 6.54. The van der Waals surface area contributed by atoms with E-state index in [-0.39, 0.29) is 18.1 Å². The quantitative estimate of drug-likeness (QED) is 0.607. The fourth-order valence-corrected chi connectivity index (χ4v) is 2.66. The van der Waals surface area contributed by atoms with Gasteiger partial charge in [0.15, 0.2) is 0 Å². The summed E-state index contributed by atoms with van der Waals surface area (Å²) in [7, 11) is -3.72. The van der Waals surface area contributed by atoms with Gasteiger partial charge in [-0.3, -0.25) is 4.18 Å². The first-order chi connectivity index (χ1) is 9.58. The largest absolute Gasteiger partial charge is 0.491 e. The lowest BCUT2D eigenvalue weighted by atomic mass is 10.2. The maximum absolute atomic E-state index is 11.9. The van der Waals surface area contributed by atoms with Crippen LogP contribution in [0.15, 0.2) is 59.5 Å². The maximum atomic E-state index is 11.9. The minimum Gasteiger partial charge on any atom is -0.491 e. The van der Waals surface area contributed by atoms with E-state index in [1.165, 1.54) is 6.07 Å². The molecule has 0 fully saturated rings. The van der Waals surface area contributed by atoms with Crippen molar-refractivity contribution in [3.8, 4) is 5.75 Å². The van der Waals surface area contributed by atoms with E-state index in [4.69, 9.17) is 8.92 Å². The molecule has 0 atom stereocenters. The molecule has 0 saturated carbocycles. The summed E-state index contributed by atoms with van der Waals surface area (Å²) >= 11 is 0. The van der Waals surface area contributed by atoms with Crippen LogP contribution in [0.25, 0.3) is 0 Å². The van der Waals surface area contributed by atoms with Crippen LogP contribution < -0.4 is 4.74 Å². The third-order valence-corrected chi connectivity index (χ3v) is 3.92. The lowest BCUT2D eigenvalue weighted by Crippen LogP contribution is -2.13. The zero-order chi connectivity index (χ0) is 14.4. The van der Waals surface area contributed by atoms with Crippen LogP contribution in [0.3, 0.4) is 0 Å². The zero-order valence-electron chi connectivity index (χ0n) is 11.2. The molecule has 0 heterocycles. The number of para-hydroxylation sites is 1. The van der Waals surface area contributed by atoms with Crippen molar-refractivity contribution >= 4 is 10.1 Å². The predicted octanol–water partition coefficient (Wildman–Crippen LogP) is 2.78. The monoisotopic (exact) mass is 292 g/mol. The fraction of sp³-hybridized carbons (Fsp3) is 0.200. The van der Waals surface area contributed by atoms with E-state index < -0.39 is 10.1 Å². The summed E-state index contributed by atoms with van der Waals surface area (Å²) in [5.74, 6) is 0.684. The van der Waals surface area contributed by atoms with Gasteiger partial charge in [-0.2, -0.15) is 8.42 Å². The van der Waals surface area contributed by atoms with Gasteiger partial charge in [0.25, 0.3) is 10.1 Å². The zero-order valence-corrected chi connectivity index (χ0v) is 12.0. The van der Waals surface area contributed by atoms with E-state index in [0.29, 0.717) is 5.75 Å². The summed E-state index contributed by atoms with van der Waals surface area (Å²) in [6.07, 6.45) is 0. The van der Waals surface area contributed by atoms with Gasteiger partial charge in [0.2, 0.25) is 0 Å². The molecule has 0 unspecified atom stereocenters. The van der Waals surface area contributed by atoms with Crippen molar-refractivity contribution in [2.24, 2.45) is 0 Å². The molecule has 0 saturated heterocycles. The molecule has 2 aromatic carbocycles. The highest BCUT2D eigenvalue weighted by molar-refractivity contribution is 7.86. The molecular formula is C15H16O4S. The smallest absolute Gasteiger partial charge is 0.297 e. The number of hydrogen-bond donors (Lipinski definition) is 0. The molecule has 0 aliphatic heterocycles. The summed E-state index contributed by atoms with van der Waals surface area (Å²) < 4.78 is 34.1. The first-order valence-corrected chi connectivity index (χ1v) is 7.63. The molecule has 0 amide bonds. The van der Waals surface area contributed by atoms with Crippen molar-refractivity contribution in [3.63, 3.8) is 0 Å². The van der Waals surface area contributed by atoms with Crippen LogP contribution >= 0.6 is 0 Å². The summed E-state index contributed by atoms with van der Waals surface area (Å²) in [6, 6.07) is 15.8. The molecule has 0 aliphatic rings. The highest BCUT2D eigenvalue weighted by atomic mass is 32.2. The summed E-state index contributed by atoms with van der Waals surface area (Å²) in [6.45, 7) is 1.98. The van der Waals surface area contributed by atoms with Gasteiger partial charge in [-0.05, 0) is 36.8 Å². The fourth-order valence-electron chi connectivity index (χ4n) is 1.66. The van der Waals surface area contributed by atoms with E-state index in [2.05, 4.69) is 0 Å². The Morgan fingerprint density at radius 1 is 0.950 bits per heavy atom. The molecule has 0 bridgehead atoms. The van der Waals surface area contributed by atoms with Crippen LogP contribution in [0, 0.1) is 6.92 Å². The van der Waals surface area contributed by atoms with Crippen molar-refractivity contribution in [3.05, 3.63) is 60.2 Å². The maximum Gasteiger partial charge on any atom is 0.297 e. The standard InChI is InChI=1S/C15H16O4S/c1-13-6-5-9-15(12-13)20(16,17)19-11-10-18-14-7-3-2-4-8-14/h2-9,12H,10-11H2,1H3. The summed E-state index contributed by atoms with van der Waals surface area (Å²) in [5.41, 5.74) is 0.871. The van der Waals surface area contributed by atoms with E-state index in [9.17, 15) is 8.42 Å². The third-order valence-electron chi connectivity index (χ3n) is 2.61. The van der Waals surface area contributed by atoms with Gasteiger partial charge in [-0.1, -0.05) is 30.3 Å². The molecule has 0 aliphatic carbocycles. The molecule has 20 heavy (non-hydrogen) atoms. The van der Waals surface area contributed by atoms with E-state index in [1.54, 1.807) is 24.3 Å². The molecular weight excluding hydrogens is 276 g/mol. The Labute approximate surface area is 119 Å². The minimum atomic E-state index is -3.72. The van der Waals surface area contributed by atoms with Crippen molar-refractivity contribution in [1.29, 1.82) is 0 Å². The molecule has 2 rings (SSSR count). The van der Waals surface area contributed by atoms with Gasteiger partial charge in [0.1, 0.15) is 19.0 Å². The van der Waals surface area contributed by atoms with Gasteiger partial charge >= 0.3 is 0 Å². The van der Waals surface area contributed by atoms with Crippen LogP contribution in [0.1, 0.15) is 5.56 Å². The van der Waals surface area contributed by atoms with Crippen molar-refractivity contribution < 1.29 is 17.3 Å². The minimum absolute atomic E-state index is 0.0226. The molecule has 106 valence electrons. The summed E-state index contributed by atoms with van der Waals surface area (Å²) in [5, 5.41) is 0. The highest BCUT2D eigenvalue weighted by Gasteiger charge is 2.14. The van der Waals surface area contributed by atoms with Gasteiger partial charge in [-0.25, -0.2) is 0 Å². The first kappa shape index (κ1) is 14.6. The van der Waals surface area contributed by atoms with E-state index in [0.717, 1.165) is 5.56 Å². The first-order valence-electron chi connectivity index (χ1n) is 6.22. The van der Waals surface area contributed by atoms with Gasteiger partial charge in [-0.15, -0.1) is 0 Å². The molecule has 0 N–H and O–H groups in total. The molecule has 0 spiro atoms. The van der Waals surface area contributed by atoms with Gasteiger partial charge < -0.3 is 4.74 Å². The molecule has 5 heteroatoms. The average molecular weight is 292 g/mol. The lowest BCUT2D eigenvalue weighted by molar-refractivity contribution is 0.221. The molecule has 0 radical (unpaired) electrons. The average Bonchev–Trinajstić information content (AvgIpc) is 2.45. The van der Waals surface area contributed by atoms with Crippen molar-refractivity contribution in [1.82, 2.24) is 0 Å². The molecule has 2 aromatic rings. The Morgan fingerprint density at radius 3 is 2.40 bits per heavy atom. The Kier molecular flexibility index (Phi) is 4.76. The van der Waals surface area contributed by atoms with Gasteiger partial charge in [0, 0.05) is 0 Å². The van der Waals surface area contributed by atoms with Crippen molar-refractivity contribution in [2.45, 2.75) is 11.8 Å². The number of aryl methyl sites for hydroxylation is 1. The highest BCUT2D eigenvalue weighted by Crippen LogP contribution is 2.14. The summed E-state index contributed by atoms with van der Waals surface area (Å²) in [4.78, 5) is 0.164. The second-order valence-corrected chi connectivity index (χ2v) is 5.87. The van der Waals surface area contributed by atoms with Crippen LogP contribution in [-0.4, -0.2) is 21.6 Å². The Bertz CT molecular complexity index is 651. The van der Waals surface area contributed by atoms with Crippen LogP contribution in [0.2, 0.25) is 0 Å². The third kappa shape index (κ3) is 4.08. The Morgan fingerprint density at radius 2 is 1.70 bits per heavy atom. The molecule has 4 nitrogen and oxygen atoms in total. The second-order valence-electron chi connectivity index (χ2n) is 4.25. The van der Waals surface area contributed by atoms with Crippen LogP contribution in [0.4, 0.5) is 0 Å². The predicted molar refractivity (Wildman–Crippen MR) is 76.3 cm³/mol. The number of benzene rings is 2. The SMILES string of the molecule is Cc1cccc(S(=O)(=O)OCCOc2ccccc2)c1. The van der Waals surface area contributed by atoms with Crippen LogP contribution in [-0.2, 0) is 14.3 Å². The molecule has 0 aromatic heterocycles. The Hall–Kier alpha value is -1.85. The normalized spacial score (nSPS) is 11.2. The lowest BCUT2D eigenvalue weighted by Gasteiger charge is -2.08. The number of ether oxygens (including phenoxy) is 1. The Balaban J connectivity index is 1.87. The van der Waals surface area contributed by atoms with E-state index >= 15 is 0 Å². The number of rotatable bonds is 6. The number of hydrogen-bond acceptors (Lipinski definition) is 4. The van der Waals surface area contributed by atoms with Crippen molar-refractivity contribution in [2.75, 3.05) is 13.2 Å². The topological polar surface area (TPSA) is 52.6 Å².